The van der Waals surface area contributed by atoms with Gasteiger partial charge in [0.05, 0.1) is 17.4 Å². The van der Waals surface area contributed by atoms with Crippen LogP contribution in [0.15, 0.2) is 21.3 Å². The number of benzene rings is 1. The van der Waals surface area contributed by atoms with Crippen LogP contribution >= 0.6 is 0 Å². The first-order valence-corrected chi connectivity index (χ1v) is 9.76. The maximum Gasteiger partial charge on any atom is 0.340 e. The summed E-state index contributed by atoms with van der Waals surface area (Å²) < 4.78 is 5.29. The third-order valence-electron chi connectivity index (χ3n) is 6.41. The molecule has 0 unspecified atom stereocenters. The lowest BCUT2D eigenvalue weighted by atomic mass is 9.65. The van der Waals surface area contributed by atoms with Crippen molar-refractivity contribution < 1.29 is 19.4 Å². The fourth-order valence-corrected chi connectivity index (χ4v) is 5.72. The number of likely N-dealkylation sites (tertiary alicyclic amines) is 1. The number of aromatic hydroxyl groups is 2. The van der Waals surface area contributed by atoms with Gasteiger partial charge in [-0.2, -0.15) is 0 Å². The first kappa shape index (κ1) is 18.8. The summed E-state index contributed by atoms with van der Waals surface area (Å²) in [6.45, 7) is 9.17. The number of amides is 1. The third kappa shape index (κ3) is 3.05. The monoisotopic (exact) mass is 385 g/mol. The van der Waals surface area contributed by atoms with Crippen molar-refractivity contribution >= 4 is 16.9 Å². The minimum absolute atomic E-state index is 0.0442. The van der Waals surface area contributed by atoms with Crippen LogP contribution in [0.2, 0.25) is 0 Å². The first-order valence-electron chi connectivity index (χ1n) is 9.76. The van der Waals surface area contributed by atoms with Crippen molar-refractivity contribution in [3.05, 3.63) is 33.7 Å². The lowest BCUT2D eigenvalue weighted by Crippen LogP contribution is -2.39. The zero-order valence-corrected chi connectivity index (χ0v) is 16.8. The average Bonchev–Trinajstić information content (AvgIpc) is 2.79. The van der Waals surface area contributed by atoms with E-state index in [-0.39, 0.29) is 51.8 Å². The molecular weight excluding hydrogens is 358 g/mol. The van der Waals surface area contributed by atoms with E-state index in [9.17, 15) is 19.8 Å². The van der Waals surface area contributed by atoms with E-state index in [2.05, 4.69) is 20.8 Å². The summed E-state index contributed by atoms with van der Waals surface area (Å²) in [6, 6.07) is 2.70. The Kier molecular flexibility index (Phi) is 4.04. The van der Waals surface area contributed by atoms with E-state index in [0.29, 0.717) is 10.9 Å². The Bertz CT molecular complexity index is 1040. The summed E-state index contributed by atoms with van der Waals surface area (Å²) in [5, 5.41) is 20.2. The SMILES string of the molecule is Cc1c(CC(=O)N2C[C@@]3(C)C[C@H]2CC(C)(C)C3)c(=O)oc2cc(O)cc(O)c12. The van der Waals surface area contributed by atoms with Gasteiger partial charge < -0.3 is 19.5 Å². The van der Waals surface area contributed by atoms with E-state index < -0.39 is 5.63 Å². The number of carbonyl (C=O) groups excluding carboxylic acids is 1. The zero-order valence-electron chi connectivity index (χ0n) is 16.8. The Morgan fingerprint density at radius 2 is 1.96 bits per heavy atom. The lowest BCUT2D eigenvalue weighted by Gasteiger charge is -2.39. The molecule has 1 amide bonds. The summed E-state index contributed by atoms with van der Waals surface area (Å²) >= 11 is 0. The van der Waals surface area contributed by atoms with Gasteiger partial charge in [0.25, 0.3) is 0 Å². The van der Waals surface area contributed by atoms with Crippen LogP contribution in [0.3, 0.4) is 0 Å². The molecule has 1 aromatic heterocycles. The number of phenolic OH excluding ortho intramolecular Hbond substituents is 2. The van der Waals surface area contributed by atoms with Gasteiger partial charge in [0, 0.05) is 24.7 Å². The Balaban J connectivity index is 1.67. The van der Waals surface area contributed by atoms with Crippen LogP contribution in [-0.2, 0) is 11.2 Å². The van der Waals surface area contributed by atoms with Crippen LogP contribution in [0.5, 0.6) is 11.5 Å². The quantitative estimate of drug-likeness (QED) is 0.773. The smallest absolute Gasteiger partial charge is 0.340 e. The third-order valence-corrected chi connectivity index (χ3v) is 6.41. The van der Waals surface area contributed by atoms with E-state index in [1.54, 1.807) is 6.92 Å². The van der Waals surface area contributed by atoms with Gasteiger partial charge in [-0.15, -0.1) is 0 Å². The summed E-state index contributed by atoms with van der Waals surface area (Å²) in [5.41, 5.74) is 0.633. The van der Waals surface area contributed by atoms with Gasteiger partial charge in [-0.05, 0) is 42.6 Å². The van der Waals surface area contributed by atoms with Crippen molar-refractivity contribution in [1.29, 1.82) is 0 Å². The van der Waals surface area contributed by atoms with Gasteiger partial charge in [-0.3, -0.25) is 4.79 Å². The van der Waals surface area contributed by atoms with Crippen LogP contribution in [0.25, 0.3) is 11.0 Å². The van der Waals surface area contributed by atoms with Gasteiger partial charge in [-0.1, -0.05) is 20.8 Å². The first-order chi connectivity index (χ1) is 13.0. The number of phenols is 2. The molecule has 4 rings (SSSR count). The zero-order chi connectivity index (χ0) is 20.4. The highest BCUT2D eigenvalue weighted by molar-refractivity contribution is 5.90. The molecule has 1 aliphatic heterocycles. The highest BCUT2D eigenvalue weighted by atomic mass is 16.4. The van der Waals surface area contributed by atoms with Crippen LogP contribution < -0.4 is 5.63 Å². The maximum absolute atomic E-state index is 13.1. The average molecular weight is 385 g/mol. The van der Waals surface area contributed by atoms with E-state index >= 15 is 0 Å². The van der Waals surface area contributed by atoms with E-state index in [0.717, 1.165) is 25.8 Å². The highest BCUT2D eigenvalue weighted by Crippen LogP contribution is 2.52. The Morgan fingerprint density at radius 1 is 1.25 bits per heavy atom. The molecule has 2 N–H and O–H groups in total. The number of carbonyl (C=O) groups is 1. The summed E-state index contributed by atoms with van der Waals surface area (Å²) in [5.74, 6) is -0.424. The second kappa shape index (κ2) is 6.00. The predicted octanol–water partition coefficient (Wildman–Crippen LogP) is 3.48. The van der Waals surface area contributed by atoms with Gasteiger partial charge in [0.2, 0.25) is 5.91 Å². The Hall–Kier alpha value is -2.50. The molecule has 1 saturated carbocycles. The van der Waals surface area contributed by atoms with Gasteiger partial charge >= 0.3 is 5.63 Å². The van der Waals surface area contributed by atoms with Crippen LogP contribution in [0, 0.1) is 17.8 Å². The fourth-order valence-electron chi connectivity index (χ4n) is 5.72. The summed E-state index contributed by atoms with van der Waals surface area (Å²) in [7, 11) is 0. The van der Waals surface area contributed by atoms with Gasteiger partial charge in [0.15, 0.2) is 0 Å². The molecule has 2 heterocycles. The molecule has 28 heavy (non-hydrogen) atoms. The van der Waals surface area contributed by atoms with E-state index in [1.165, 1.54) is 12.1 Å². The minimum atomic E-state index is -0.600. The topological polar surface area (TPSA) is 91.0 Å². The number of nitrogens with zero attached hydrogens (tertiary/aromatic N) is 1. The highest BCUT2D eigenvalue weighted by Gasteiger charge is 2.50. The molecule has 6 heteroatoms. The fraction of sp³-hybridized carbons (Fsp3) is 0.545. The molecule has 1 aliphatic carbocycles. The predicted molar refractivity (Wildman–Crippen MR) is 105 cm³/mol. The molecule has 2 aliphatic rings. The largest absolute Gasteiger partial charge is 0.508 e. The number of aryl methyl sites for hydroxylation is 1. The maximum atomic E-state index is 13.1. The van der Waals surface area contributed by atoms with E-state index in [1.807, 2.05) is 4.90 Å². The molecule has 2 fully saturated rings. The Morgan fingerprint density at radius 3 is 2.68 bits per heavy atom. The molecule has 6 nitrogen and oxygen atoms in total. The number of rotatable bonds is 2. The number of hydrogen-bond donors (Lipinski definition) is 2. The van der Waals surface area contributed by atoms with Crippen molar-refractivity contribution in [3.63, 3.8) is 0 Å². The van der Waals surface area contributed by atoms with Crippen molar-refractivity contribution in [2.75, 3.05) is 6.54 Å². The number of hydrogen-bond acceptors (Lipinski definition) is 5. The Labute approximate surface area is 163 Å². The minimum Gasteiger partial charge on any atom is -0.508 e. The van der Waals surface area contributed by atoms with E-state index in [4.69, 9.17) is 4.42 Å². The molecule has 150 valence electrons. The van der Waals surface area contributed by atoms with Crippen LogP contribution in [0.1, 0.15) is 51.2 Å². The molecule has 2 bridgehead atoms. The van der Waals surface area contributed by atoms with Crippen LogP contribution in [0.4, 0.5) is 0 Å². The molecule has 2 atom stereocenters. The standard InChI is InChI=1S/C22H27NO5/c1-12-15(20(27)28-17-6-14(24)5-16(25)19(12)17)7-18(26)23-11-22(4)9-13(23)8-21(2,3)10-22/h5-6,13,24-25H,7-11H2,1-4H3/t13-,22+/m1/s1. The molecule has 1 saturated heterocycles. The number of fused-ring (bicyclic) bond motifs is 3. The van der Waals surface area contributed by atoms with Crippen molar-refractivity contribution in [2.45, 2.75) is 59.4 Å². The second-order valence-corrected chi connectivity index (χ2v) is 9.74. The van der Waals surface area contributed by atoms with Crippen molar-refractivity contribution in [3.8, 4) is 11.5 Å². The lowest BCUT2D eigenvalue weighted by molar-refractivity contribution is -0.131. The summed E-state index contributed by atoms with van der Waals surface area (Å²) in [4.78, 5) is 27.6. The van der Waals surface area contributed by atoms with Gasteiger partial charge in [0.1, 0.15) is 17.1 Å². The second-order valence-electron chi connectivity index (χ2n) is 9.74. The molecule has 0 spiro atoms. The van der Waals surface area contributed by atoms with Crippen molar-refractivity contribution in [1.82, 2.24) is 4.90 Å². The van der Waals surface area contributed by atoms with Crippen LogP contribution in [-0.4, -0.2) is 33.6 Å². The molecule has 0 radical (unpaired) electrons. The molecular formula is C22H27NO5. The summed E-state index contributed by atoms with van der Waals surface area (Å²) in [6.07, 6.45) is 3.03. The van der Waals surface area contributed by atoms with Crippen molar-refractivity contribution in [2.24, 2.45) is 10.8 Å². The molecule has 2 aromatic rings. The molecule has 1 aromatic carbocycles. The van der Waals surface area contributed by atoms with Gasteiger partial charge in [-0.25, -0.2) is 4.79 Å². The normalized spacial score (nSPS) is 26.0.